The molecule has 166 valence electrons. The number of hydrogen-bond donors (Lipinski definition) is 1. The molecule has 1 atom stereocenters. The Bertz CT molecular complexity index is 1050. The van der Waals surface area contributed by atoms with E-state index in [0.29, 0.717) is 6.54 Å². The number of amides is 1. The standard InChI is InChI=1S/C25H30N6O/c32-25(27-12-6-14-30-16-13-26-18-30)20-9-5-15-31(17-20)24-21-10-4-11-22(21)28-23(29-24)19-7-2-1-3-8-19/h1-3,7-8,13,16,18,20H,4-6,9-12,14-15,17H2,(H,27,32)/t20-/m0/s1. The summed E-state index contributed by atoms with van der Waals surface area (Å²) >= 11 is 0. The fourth-order valence-corrected chi connectivity index (χ4v) is 4.81. The highest BCUT2D eigenvalue weighted by atomic mass is 16.1. The number of anilines is 1. The molecule has 0 unspecified atom stereocenters. The summed E-state index contributed by atoms with van der Waals surface area (Å²) in [6.07, 6.45) is 11.6. The molecular weight excluding hydrogens is 400 g/mol. The lowest BCUT2D eigenvalue weighted by Gasteiger charge is -2.34. The molecule has 1 saturated heterocycles. The van der Waals surface area contributed by atoms with Gasteiger partial charge in [-0.15, -0.1) is 0 Å². The van der Waals surface area contributed by atoms with Crippen molar-refractivity contribution >= 4 is 11.7 Å². The highest BCUT2D eigenvalue weighted by Gasteiger charge is 2.30. The van der Waals surface area contributed by atoms with Crippen LogP contribution in [-0.4, -0.2) is 45.1 Å². The number of aryl methyl sites for hydroxylation is 2. The Morgan fingerprint density at radius 2 is 2.03 bits per heavy atom. The van der Waals surface area contributed by atoms with Crippen LogP contribution < -0.4 is 10.2 Å². The SMILES string of the molecule is O=C(NCCCn1ccnc1)[C@H]1CCCN(c2nc(-c3ccccc3)nc3c2CCC3)C1. The normalized spacial score (nSPS) is 17.9. The van der Waals surface area contributed by atoms with Gasteiger partial charge < -0.3 is 14.8 Å². The van der Waals surface area contributed by atoms with Crippen LogP contribution in [0.5, 0.6) is 0 Å². The maximum atomic E-state index is 12.9. The smallest absolute Gasteiger partial charge is 0.224 e. The van der Waals surface area contributed by atoms with Gasteiger partial charge in [0.1, 0.15) is 5.82 Å². The lowest BCUT2D eigenvalue weighted by molar-refractivity contribution is -0.125. The summed E-state index contributed by atoms with van der Waals surface area (Å²) < 4.78 is 2.04. The van der Waals surface area contributed by atoms with Crippen molar-refractivity contribution in [3.8, 4) is 11.4 Å². The number of carbonyl (C=O) groups is 1. The van der Waals surface area contributed by atoms with Gasteiger partial charge in [0.2, 0.25) is 5.91 Å². The molecule has 1 aliphatic heterocycles. The first-order valence-electron chi connectivity index (χ1n) is 11.7. The van der Waals surface area contributed by atoms with E-state index in [9.17, 15) is 4.79 Å². The highest BCUT2D eigenvalue weighted by molar-refractivity contribution is 5.79. The van der Waals surface area contributed by atoms with Crippen molar-refractivity contribution in [2.75, 3.05) is 24.5 Å². The molecule has 32 heavy (non-hydrogen) atoms. The van der Waals surface area contributed by atoms with Gasteiger partial charge in [0.25, 0.3) is 0 Å². The van der Waals surface area contributed by atoms with Crippen LogP contribution >= 0.6 is 0 Å². The maximum absolute atomic E-state index is 12.9. The molecule has 5 rings (SSSR count). The lowest BCUT2D eigenvalue weighted by Crippen LogP contribution is -2.44. The Morgan fingerprint density at radius 1 is 1.12 bits per heavy atom. The van der Waals surface area contributed by atoms with E-state index in [-0.39, 0.29) is 11.8 Å². The molecule has 1 amide bonds. The number of rotatable bonds is 7. The molecule has 2 aliphatic rings. The molecule has 7 heteroatoms. The number of imidazole rings is 1. The summed E-state index contributed by atoms with van der Waals surface area (Å²) in [6, 6.07) is 10.2. The van der Waals surface area contributed by atoms with Gasteiger partial charge in [0.15, 0.2) is 5.82 Å². The zero-order valence-corrected chi connectivity index (χ0v) is 18.4. The predicted octanol–water partition coefficient (Wildman–Crippen LogP) is 3.25. The summed E-state index contributed by atoms with van der Waals surface area (Å²) in [5.74, 6) is 2.01. The third-order valence-corrected chi connectivity index (χ3v) is 6.49. The summed E-state index contributed by atoms with van der Waals surface area (Å²) in [5.41, 5.74) is 3.51. The van der Waals surface area contributed by atoms with Gasteiger partial charge in [-0.25, -0.2) is 15.0 Å². The first kappa shape index (κ1) is 20.7. The second-order valence-electron chi connectivity index (χ2n) is 8.75. The summed E-state index contributed by atoms with van der Waals surface area (Å²) in [5, 5.41) is 3.14. The number of nitrogens with one attached hydrogen (secondary N) is 1. The van der Waals surface area contributed by atoms with Crippen LogP contribution in [0.3, 0.4) is 0 Å². The molecule has 1 N–H and O–H groups in total. The number of hydrogen-bond acceptors (Lipinski definition) is 5. The van der Waals surface area contributed by atoms with Crippen molar-refractivity contribution < 1.29 is 4.79 Å². The highest BCUT2D eigenvalue weighted by Crippen LogP contribution is 2.33. The van der Waals surface area contributed by atoms with Crippen LogP contribution in [0.1, 0.15) is 36.9 Å². The zero-order valence-electron chi connectivity index (χ0n) is 18.4. The second-order valence-corrected chi connectivity index (χ2v) is 8.75. The molecule has 3 aromatic rings. The van der Waals surface area contributed by atoms with Gasteiger partial charge in [-0.2, -0.15) is 0 Å². The zero-order chi connectivity index (χ0) is 21.8. The van der Waals surface area contributed by atoms with Gasteiger partial charge in [-0.1, -0.05) is 30.3 Å². The van der Waals surface area contributed by atoms with Crippen LogP contribution in [0, 0.1) is 5.92 Å². The van der Waals surface area contributed by atoms with Crippen molar-refractivity contribution in [2.45, 2.75) is 45.1 Å². The van der Waals surface area contributed by atoms with Gasteiger partial charge in [0.05, 0.1) is 12.2 Å². The summed E-state index contributed by atoms with van der Waals surface area (Å²) in [7, 11) is 0. The van der Waals surface area contributed by atoms with Crippen molar-refractivity contribution in [2.24, 2.45) is 5.92 Å². The Labute approximate surface area is 188 Å². The minimum Gasteiger partial charge on any atom is -0.356 e. The van der Waals surface area contributed by atoms with E-state index in [1.54, 1.807) is 6.20 Å². The molecule has 1 aliphatic carbocycles. The van der Waals surface area contributed by atoms with Crippen LogP contribution in [-0.2, 0) is 24.2 Å². The number of piperidine rings is 1. The quantitative estimate of drug-likeness (QED) is 0.583. The van der Waals surface area contributed by atoms with Gasteiger partial charge in [0, 0.05) is 55.4 Å². The number of nitrogens with zero attached hydrogens (tertiary/aromatic N) is 5. The number of aromatic nitrogens is 4. The number of carbonyl (C=O) groups excluding carboxylic acids is 1. The van der Waals surface area contributed by atoms with E-state index in [1.807, 2.05) is 35.3 Å². The molecule has 2 aromatic heterocycles. The van der Waals surface area contributed by atoms with Gasteiger partial charge in [-0.05, 0) is 38.5 Å². The predicted molar refractivity (Wildman–Crippen MR) is 124 cm³/mol. The van der Waals surface area contributed by atoms with Crippen molar-refractivity contribution in [1.29, 1.82) is 0 Å². The van der Waals surface area contributed by atoms with Crippen molar-refractivity contribution in [3.05, 3.63) is 60.3 Å². The van der Waals surface area contributed by atoms with Crippen LogP contribution in [0.4, 0.5) is 5.82 Å². The van der Waals surface area contributed by atoms with Crippen molar-refractivity contribution in [1.82, 2.24) is 24.8 Å². The fraction of sp³-hybridized carbons (Fsp3) is 0.440. The molecule has 0 saturated carbocycles. The van der Waals surface area contributed by atoms with E-state index in [1.165, 1.54) is 11.3 Å². The van der Waals surface area contributed by atoms with Gasteiger partial charge >= 0.3 is 0 Å². The van der Waals surface area contributed by atoms with E-state index < -0.39 is 0 Å². The van der Waals surface area contributed by atoms with E-state index in [2.05, 4.69) is 27.3 Å². The molecule has 0 spiro atoms. The minimum atomic E-state index is 0.00388. The Balaban J connectivity index is 1.27. The molecule has 1 fully saturated rings. The summed E-state index contributed by atoms with van der Waals surface area (Å²) in [6.45, 7) is 3.23. The average Bonchev–Trinajstić information content (AvgIpc) is 3.54. The molecule has 0 radical (unpaired) electrons. The van der Waals surface area contributed by atoms with Crippen LogP contribution in [0.25, 0.3) is 11.4 Å². The van der Waals surface area contributed by atoms with Gasteiger partial charge in [-0.3, -0.25) is 4.79 Å². The first-order valence-corrected chi connectivity index (χ1v) is 11.7. The second kappa shape index (κ2) is 9.51. The minimum absolute atomic E-state index is 0.00388. The molecule has 0 bridgehead atoms. The Hall–Kier alpha value is -3.22. The van der Waals surface area contributed by atoms with E-state index >= 15 is 0 Å². The first-order chi connectivity index (χ1) is 15.8. The molecule has 1 aromatic carbocycles. The van der Waals surface area contributed by atoms with Crippen LogP contribution in [0.2, 0.25) is 0 Å². The molecule has 7 nitrogen and oxygen atoms in total. The Morgan fingerprint density at radius 3 is 2.88 bits per heavy atom. The van der Waals surface area contributed by atoms with E-state index in [4.69, 9.17) is 9.97 Å². The fourth-order valence-electron chi connectivity index (χ4n) is 4.81. The van der Waals surface area contributed by atoms with Crippen molar-refractivity contribution in [3.63, 3.8) is 0 Å². The number of fused-ring (bicyclic) bond motifs is 1. The number of benzene rings is 1. The van der Waals surface area contributed by atoms with E-state index in [0.717, 1.165) is 75.4 Å². The third-order valence-electron chi connectivity index (χ3n) is 6.49. The average molecular weight is 431 g/mol. The lowest BCUT2D eigenvalue weighted by atomic mass is 9.96. The summed E-state index contributed by atoms with van der Waals surface area (Å²) in [4.78, 5) is 29.1. The molecular formula is C25H30N6O. The maximum Gasteiger partial charge on any atom is 0.224 e. The monoisotopic (exact) mass is 430 g/mol. The Kier molecular flexibility index (Phi) is 6.14. The largest absolute Gasteiger partial charge is 0.356 e. The van der Waals surface area contributed by atoms with Crippen LogP contribution in [0.15, 0.2) is 49.1 Å². The molecule has 3 heterocycles. The topological polar surface area (TPSA) is 75.9 Å². The third kappa shape index (κ3) is 4.52.